The molecule has 0 aliphatic carbocycles. The monoisotopic (exact) mass is 272 g/mol. The summed E-state index contributed by atoms with van der Waals surface area (Å²) in [6, 6.07) is 10.2. The van der Waals surface area contributed by atoms with Crippen molar-refractivity contribution in [3.05, 3.63) is 35.9 Å². The number of nitrogens with two attached hydrogens (primary N) is 1. The molecule has 1 aromatic rings. The second-order valence-corrected chi connectivity index (χ2v) is 3.76. The molecule has 0 aliphatic heterocycles. The van der Waals surface area contributed by atoms with Gasteiger partial charge in [0.05, 0.1) is 13.2 Å². The quantitative estimate of drug-likeness (QED) is 0.698. The Kier molecular flexibility index (Phi) is 10.3. The first-order valence-corrected chi connectivity index (χ1v) is 5.91. The Morgan fingerprint density at radius 2 is 1.94 bits per heavy atom. The van der Waals surface area contributed by atoms with Crippen LogP contribution < -0.4 is 11.1 Å². The van der Waals surface area contributed by atoms with Crippen LogP contribution in [-0.4, -0.2) is 32.2 Å². The molecule has 4 nitrogen and oxygen atoms in total. The third-order valence-electron chi connectivity index (χ3n) is 2.35. The van der Waals surface area contributed by atoms with Crippen molar-refractivity contribution in [3.8, 4) is 0 Å². The van der Waals surface area contributed by atoms with Crippen LogP contribution in [0.4, 0.5) is 0 Å². The Hall–Kier alpha value is -1.10. The number of carbonyl (C=O) groups is 1. The van der Waals surface area contributed by atoms with Gasteiger partial charge in [0.1, 0.15) is 0 Å². The van der Waals surface area contributed by atoms with Crippen LogP contribution in [0, 0.1) is 0 Å². The molecule has 5 heteroatoms. The lowest BCUT2D eigenvalue weighted by Gasteiger charge is -2.05. The predicted octanol–water partition coefficient (Wildman–Crippen LogP) is 1.13. The molecule has 1 amide bonds. The highest BCUT2D eigenvalue weighted by Crippen LogP contribution is 1.99. The first-order chi connectivity index (χ1) is 8.33. The predicted molar refractivity (Wildman–Crippen MR) is 74.9 cm³/mol. The lowest BCUT2D eigenvalue weighted by Crippen LogP contribution is -2.31. The van der Waals surface area contributed by atoms with Gasteiger partial charge in [-0.25, -0.2) is 0 Å². The molecule has 0 spiro atoms. The number of amides is 1. The molecule has 0 radical (unpaired) electrons. The topological polar surface area (TPSA) is 64.4 Å². The lowest BCUT2D eigenvalue weighted by atomic mass is 10.2. The molecule has 1 rings (SSSR count). The van der Waals surface area contributed by atoms with E-state index in [0.717, 1.165) is 19.4 Å². The van der Waals surface area contributed by atoms with Gasteiger partial charge >= 0.3 is 0 Å². The van der Waals surface area contributed by atoms with Crippen molar-refractivity contribution >= 4 is 18.3 Å². The van der Waals surface area contributed by atoms with Crippen molar-refractivity contribution in [2.75, 3.05) is 26.3 Å². The molecule has 0 atom stereocenters. The fraction of sp³-hybridized carbons (Fsp3) is 0.462. The molecule has 0 bridgehead atoms. The Labute approximate surface area is 114 Å². The average Bonchev–Trinajstić information content (AvgIpc) is 2.38. The van der Waals surface area contributed by atoms with Crippen LogP contribution in [0.5, 0.6) is 0 Å². The average molecular weight is 273 g/mol. The van der Waals surface area contributed by atoms with E-state index < -0.39 is 0 Å². The van der Waals surface area contributed by atoms with E-state index in [4.69, 9.17) is 10.5 Å². The molecule has 0 heterocycles. The zero-order valence-corrected chi connectivity index (χ0v) is 11.2. The van der Waals surface area contributed by atoms with Gasteiger partial charge in [-0.2, -0.15) is 0 Å². The van der Waals surface area contributed by atoms with Crippen molar-refractivity contribution in [2.24, 2.45) is 5.73 Å². The smallest absolute Gasteiger partial charge is 0.233 e. The summed E-state index contributed by atoms with van der Waals surface area (Å²) in [5, 5.41) is 2.70. The van der Waals surface area contributed by atoms with Crippen LogP contribution in [0.15, 0.2) is 30.3 Å². The maximum atomic E-state index is 10.8. The molecule has 0 aliphatic rings. The largest absolute Gasteiger partial charge is 0.381 e. The van der Waals surface area contributed by atoms with Crippen LogP contribution in [0.1, 0.15) is 12.0 Å². The van der Waals surface area contributed by atoms with E-state index in [9.17, 15) is 4.79 Å². The molecule has 0 unspecified atom stereocenters. The summed E-state index contributed by atoms with van der Waals surface area (Å²) in [6.07, 6.45) is 1.75. The number of rotatable bonds is 8. The molecule has 0 saturated carbocycles. The van der Waals surface area contributed by atoms with E-state index in [1.54, 1.807) is 0 Å². The number of hydrogen-bond donors (Lipinski definition) is 2. The van der Waals surface area contributed by atoms with Crippen molar-refractivity contribution in [1.29, 1.82) is 0 Å². The van der Waals surface area contributed by atoms with E-state index in [1.165, 1.54) is 5.56 Å². The highest BCUT2D eigenvalue weighted by molar-refractivity contribution is 5.85. The van der Waals surface area contributed by atoms with Gasteiger partial charge < -0.3 is 15.8 Å². The van der Waals surface area contributed by atoms with Crippen LogP contribution in [0.2, 0.25) is 0 Å². The highest BCUT2D eigenvalue weighted by atomic mass is 35.5. The maximum absolute atomic E-state index is 10.8. The fourth-order valence-electron chi connectivity index (χ4n) is 1.41. The second-order valence-electron chi connectivity index (χ2n) is 3.76. The molecule has 0 fully saturated rings. The Morgan fingerprint density at radius 1 is 1.22 bits per heavy atom. The summed E-state index contributed by atoms with van der Waals surface area (Å²) in [6.45, 7) is 2.06. The number of nitrogens with one attached hydrogen (secondary N) is 1. The first-order valence-electron chi connectivity index (χ1n) is 5.91. The third-order valence-corrected chi connectivity index (χ3v) is 2.35. The van der Waals surface area contributed by atoms with Crippen molar-refractivity contribution in [2.45, 2.75) is 12.8 Å². The summed E-state index contributed by atoms with van der Waals surface area (Å²) in [4.78, 5) is 10.8. The van der Waals surface area contributed by atoms with E-state index in [1.807, 2.05) is 18.2 Å². The van der Waals surface area contributed by atoms with Gasteiger partial charge in [-0.1, -0.05) is 30.3 Å². The van der Waals surface area contributed by atoms with Crippen LogP contribution in [0.3, 0.4) is 0 Å². The van der Waals surface area contributed by atoms with E-state index in [0.29, 0.717) is 13.2 Å². The zero-order valence-electron chi connectivity index (χ0n) is 10.4. The summed E-state index contributed by atoms with van der Waals surface area (Å²) in [7, 11) is 0. The molecule has 1 aromatic carbocycles. The normalized spacial score (nSPS) is 9.61. The Balaban J connectivity index is 0.00000289. The molecule has 102 valence electrons. The van der Waals surface area contributed by atoms with Crippen LogP contribution in [-0.2, 0) is 16.0 Å². The SMILES string of the molecule is Cl.NCC(=O)NCCCOCCc1ccccc1. The number of ether oxygens (including phenoxy) is 1. The van der Waals surface area contributed by atoms with Crippen molar-refractivity contribution < 1.29 is 9.53 Å². The molecule has 0 saturated heterocycles. The van der Waals surface area contributed by atoms with Gasteiger partial charge in [-0.05, 0) is 18.4 Å². The van der Waals surface area contributed by atoms with Gasteiger partial charge in [0.15, 0.2) is 0 Å². The van der Waals surface area contributed by atoms with E-state index >= 15 is 0 Å². The number of hydrogen-bond acceptors (Lipinski definition) is 3. The minimum Gasteiger partial charge on any atom is -0.381 e. The number of benzene rings is 1. The summed E-state index contributed by atoms with van der Waals surface area (Å²) in [5.74, 6) is -0.116. The molecular formula is C13H21ClN2O2. The fourth-order valence-corrected chi connectivity index (χ4v) is 1.41. The van der Waals surface area contributed by atoms with E-state index in [-0.39, 0.29) is 24.9 Å². The van der Waals surface area contributed by atoms with Gasteiger partial charge in [-0.3, -0.25) is 4.79 Å². The van der Waals surface area contributed by atoms with Crippen molar-refractivity contribution in [1.82, 2.24) is 5.32 Å². The van der Waals surface area contributed by atoms with Crippen LogP contribution in [0.25, 0.3) is 0 Å². The first kappa shape index (κ1) is 16.9. The van der Waals surface area contributed by atoms with Crippen LogP contribution >= 0.6 is 12.4 Å². The van der Waals surface area contributed by atoms with Gasteiger partial charge in [0, 0.05) is 13.2 Å². The second kappa shape index (κ2) is 11.0. The van der Waals surface area contributed by atoms with Gasteiger partial charge in [-0.15, -0.1) is 12.4 Å². The minimum atomic E-state index is -0.116. The summed E-state index contributed by atoms with van der Waals surface area (Å²) < 4.78 is 5.47. The Morgan fingerprint density at radius 3 is 2.61 bits per heavy atom. The standard InChI is InChI=1S/C13H20N2O2.ClH/c14-11-13(16)15-8-4-9-17-10-7-12-5-2-1-3-6-12;/h1-3,5-6H,4,7-11,14H2,(H,15,16);1H. The zero-order chi connectivity index (χ0) is 12.3. The third kappa shape index (κ3) is 8.06. The molecule has 3 N–H and O–H groups in total. The van der Waals surface area contributed by atoms with E-state index in [2.05, 4.69) is 17.4 Å². The Bertz CT molecular complexity index is 320. The molecular weight excluding hydrogens is 252 g/mol. The number of carbonyl (C=O) groups excluding carboxylic acids is 1. The molecule has 0 aromatic heterocycles. The summed E-state index contributed by atoms with van der Waals surface area (Å²) >= 11 is 0. The minimum absolute atomic E-state index is 0. The highest BCUT2D eigenvalue weighted by Gasteiger charge is 1.96. The van der Waals surface area contributed by atoms with Crippen molar-refractivity contribution in [3.63, 3.8) is 0 Å². The summed E-state index contributed by atoms with van der Waals surface area (Å²) in [5.41, 5.74) is 6.44. The molecule has 18 heavy (non-hydrogen) atoms. The number of halogens is 1. The van der Waals surface area contributed by atoms with Gasteiger partial charge in [0.25, 0.3) is 0 Å². The maximum Gasteiger partial charge on any atom is 0.233 e. The van der Waals surface area contributed by atoms with Gasteiger partial charge in [0.2, 0.25) is 5.91 Å². The lowest BCUT2D eigenvalue weighted by molar-refractivity contribution is -0.119.